The highest BCUT2D eigenvalue weighted by Crippen LogP contribution is 2.23. The molecule has 2 aromatic carbocycles. The number of ether oxygens (including phenoxy) is 1. The van der Waals surface area contributed by atoms with E-state index < -0.39 is 10.0 Å². The zero-order valence-electron chi connectivity index (χ0n) is 15.3. The molecule has 1 unspecified atom stereocenters. The average Bonchev–Trinajstić information content (AvgIpc) is 3.21. The molecule has 1 N–H and O–H groups in total. The van der Waals surface area contributed by atoms with E-state index in [0.717, 1.165) is 19.4 Å². The molecule has 7 heteroatoms. The number of benzene rings is 2. The van der Waals surface area contributed by atoms with Crippen molar-refractivity contribution in [1.82, 2.24) is 5.32 Å². The molecule has 0 aromatic heterocycles. The molecule has 1 atom stereocenters. The van der Waals surface area contributed by atoms with Crippen LogP contribution >= 0.6 is 0 Å². The van der Waals surface area contributed by atoms with Crippen molar-refractivity contribution in [1.29, 1.82) is 0 Å². The number of hydrogen-bond donors (Lipinski definition) is 1. The van der Waals surface area contributed by atoms with Crippen molar-refractivity contribution < 1.29 is 17.9 Å². The lowest BCUT2D eigenvalue weighted by atomic mass is 10.2. The number of sulfonamides is 1. The number of nitrogens with one attached hydrogen (secondary N) is 1. The summed E-state index contributed by atoms with van der Waals surface area (Å²) in [6.07, 6.45) is 2.07. The van der Waals surface area contributed by atoms with Gasteiger partial charge in [-0.1, -0.05) is 18.2 Å². The Morgan fingerprint density at radius 2 is 1.85 bits per heavy atom. The maximum atomic E-state index is 12.9. The van der Waals surface area contributed by atoms with Gasteiger partial charge in [0, 0.05) is 25.3 Å². The molecule has 27 heavy (non-hydrogen) atoms. The maximum Gasteiger partial charge on any atom is 0.264 e. The summed E-state index contributed by atoms with van der Waals surface area (Å²) in [5, 5.41) is 2.86. The molecular formula is C20H24N2O4S. The highest BCUT2D eigenvalue weighted by atomic mass is 32.2. The fraction of sp³-hybridized carbons (Fsp3) is 0.350. The van der Waals surface area contributed by atoms with Gasteiger partial charge in [-0.2, -0.15) is 0 Å². The third-order valence-corrected chi connectivity index (χ3v) is 6.47. The van der Waals surface area contributed by atoms with Crippen molar-refractivity contribution in [3.05, 3.63) is 60.2 Å². The fourth-order valence-electron chi connectivity index (χ4n) is 3.10. The van der Waals surface area contributed by atoms with Gasteiger partial charge in [0.15, 0.2) is 0 Å². The summed E-state index contributed by atoms with van der Waals surface area (Å²) < 4.78 is 32.6. The molecule has 0 aliphatic carbocycles. The standard InChI is InChI=1S/C20H24N2O4S/c1-2-22(27(24,25)19-8-4-3-5-9-19)17-12-10-16(11-13-17)20(23)21-15-18-7-6-14-26-18/h3-5,8-13,18H,2,6-7,14-15H2,1H3,(H,21,23). The zero-order chi connectivity index (χ0) is 19.3. The first kappa shape index (κ1) is 19.4. The fourth-order valence-corrected chi connectivity index (χ4v) is 4.60. The molecule has 0 saturated carbocycles. The third-order valence-electron chi connectivity index (χ3n) is 4.55. The minimum absolute atomic E-state index is 0.0832. The number of nitrogens with zero attached hydrogens (tertiary/aromatic N) is 1. The summed E-state index contributed by atoms with van der Waals surface area (Å²) in [4.78, 5) is 12.5. The van der Waals surface area contributed by atoms with Crippen LogP contribution in [-0.4, -0.2) is 40.1 Å². The van der Waals surface area contributed by atoms with Crippen LogP contribution in [-0.2, 0) is 14.8 Å². The number of carbonyl (C=O) groups is 1. The van der Waals surface area contributed by atoms with E-state index in [-0.39, 0.29) is 16.9 Å². The molecule has 0 radical (unpaired) electrons. The van der Waals surface area contributed by atoms with Crippen LogP contribution in [0.1, 0.15) is 30.1 Å². The molecule has 144 valence electrons. The van der Waals surface area contributed by atoms with Gasteiger partial charge in [-0.05, 0) is 56.2 Å². The number of amides is 1. The van der Waals surface area contributed by atoms with Gasteiger partial charge < -0.3 is 10.1 Å². The average molecular weight is 388 g/mol. The highest BCUT2D eigenvalue weighted by molar-refractivity contribution is 7.92. The summed E-state index contributed by atoms with van der Waals surface area (Å²) in [5.41, 5.74) is 1.02. The molecule has 1 aliphatic heterocycles. The van der Waals surface area contributed by atoms with E-state index in [4.69, 9.17) is 4.74 Å². The predicted molar refractivity (Wildman–Crippen MR) is 104 cm³/mol. The molecule has 2 aromatic rings. The van der Waals surface area contributed by atoms with Crippen LogP contribution in [0, 0.1) is 0 Å². The van der Waals surface area contributed by atoms with Gasteiger partial charge in [0.05, 0.1) is 16.7 Å². The quantitative estimate of drug-likeness (QED) is 0.791. The molecule has 1 fully saturated rings. The Balaban J connectivity index is 1.72. The minimum atomic E-state index is -3.64. The van der Waals surface area contributed by atoms with Crippen LogP contribution in [0.25, 0.3) is 0 Å². The van der Waals surface area contributed by atoms with E-state index >= 15 is 0 Å². The lowest BCUT2D eigenvalue weighted by Crippen LogP contribution is -2.32. The summed E-state index contributed by atoms with van der Waals surface area (Å²) in [7, 11) is -3.64. The Bertz CT molecular complexity index is 861. The SMILES string of the molecule is CCN(c1ccc(C(=O)NCC2CCCO2)cc1)S(=O)(=O)c1ccccc1. The zero-order valence-corrected chi connectivity index (χ0v) is 16.1. The Labute approximate surface area is 160 Å². The number of carbonyl (C=O) groups excluding carboxylic acids is 1. The van der Waals surface area contributed by atoms with Crippen molar-refractivity contribution in [2.24, 2.45) is 0 Å². The van der Waals surface area contributed by atoms with Crippen molar-refractivity contribution in [3.63, 3.8) is 0 Å². The van der Waals surface area contributed by atoms with Crippen LogP contribution in [0.3, 0.4) is 0 Å². The van der Waals surface area contributed by atoms with E-state index in [0.29, 0.717) is 24.3 Å². The molecule has 6 nitrogen and oxygen atoms in total. The number of rotatable bonds is 7. The van der Waals surface area contributed by atoms with E-state index in [9.17, 15) is 13.2 Å². The van der Waals surface area contributed by atoms with Gasteiger partial charge >= 0.3 is 0 Å². The minimum Gasteiger partial charge on any atom is -0.376 e. The van der Waals surface area contributed by atoms with E-state index in [1.54, 1.807) is 61.5 Å². The van der Waals surface area contributed by atoms with Crippen molar-refractivity contribution >= 4 is 21.6 Å². The molecular weight excluding hydrogens is 364 g/mol. The van der Waals surface area contributed by atoms with Crippen molar-refractivity contribution in [2.45, 2.75) is 30.8 Å². The molecule has 1 amide bonds. The second-order valence-corrected chi connectivity index (χ2v) is 8.24. The van der Waals surface area contributed by atoms with Gasteiger partial charge in [-0.25, -0.2) is 8.42 Å². The molecule has 1 saturated heterocycles. The topological polar surface area (TPSA) is 75.7 Å². The Kier molecular flexibility index (Phi) is 6.13. The van der Waals surface area contributed by atoms with Gasteiger partial charge in [0.25, 0.3) is 15.9 Å². The van der Waals surface area contributed by atoms with Crippen LogP contribution in [0.5, 0.6) is 0 Å². The first-order valence-corrected chi connectivity index (χ1v) is 10.5. The van der Waals surface area contributed by atoms with Crippen molar-refractivity contribution in [3.8, 4) is 0 Å². The van der Waals surface area contributed by atoms with E-state index in [1.165, 1.54) is 4.31 Å². The predicted octanol–water partition coefficient (Wildman–Crippen LogP) is 2.81. The van der Waals surface area contributed by atoms with Crippen LogP contribution < -0.4 is 9.62 Å². The lowest BCUT2D eigenvalue weighted by molar-refractivity contribution is 0.0858. The first-order chi connectivity index (χ1) is 13.0. The molecule has 1 aliphatic rings. The highest BCUT2D eigenvalue weighted by Gasteiger charge is 2.23. The van der Waals surface area contributed by atoms with Crippen LogP contribution in [0.4, 0.5) is 5.69 Å². The monoisotopic (exact) mass is 388 g/mol. The van der Waals surface area contributed by atoms with Crippen molar-refractivity contribution in [2.75, 3.05) is 24.0 Å². The van der Waals surface area contributed by atoms with Gasteiger partial charge in [0.1, 0.15) is 0 Å². The second kappa shape index (κ2) is 8.54. The van der Waals surface area contributed by atoms with Gasteiger partial charge in [-0.15, -0.1) is 0 Å². The molecule has 3 rings (SSSR count). The van der Waals surface area contributed by atoms with Gasteiger partial charge in [0.2, 0.25) is 0 Å². The Hall–Kier alpha value is -2.38. The maximum absolute atomic E-state index is 12.9. The first-order valence-electron chi connectivity index (χ1n) is 9.10. The molecule has 1 heterocycles. The van der Waals surface area contributed by atoms with Crippen LogP contribution in [0.2, 0.25) is 0 Å². The Morgan fingerprint density at radius 3 is 2.44 bits per heavy atom. The summed E-state index contributed by atoms with van der Waals surface area (Å²) in [5.74, 6) is -0.189. The Morgan fingerprint density at radius 1 is 1.15 bits per heavy atom. The lowest BCUT2D eigenvalue weighted by Gasteiger charge is -2.23. The smallest absolute Gasteiger partial charge is 0.264 e. The van der Waals surface area contributed by atoms with E-state index in [2.05, 4.69) is 5.32 Å². The third kappa shape index (κ3) is 4.48. The number of hydrogen-bond acceptors (Lipinski definition) is 4. The molecule has 0 bridgehead atoms. The second-order valence-electron chi connectivity index (χ2n) is 6.37. The summed E-state index contributed by atoms with van der Waals surface area (Å²) >= 11 is 0. The van der Waals surface area contributed by atoms with Gasteiger partial charge in [-0.3, -0.25) is 9.10 Å². The summed E-state index contributed by atoms with van der Waals surface area (Å²) in [6.45, 7) is 3.31. The summed E-state index contributed by atoms with van der Waals surface area (Å²) in [6, 6.07) is 14.9. The van der Waals surface area contributed by atoms with E-state index in [1.807, 2.05) is 0 Å². The number of anilines is 1. The van der Waals surface area contributed by atoms with Crippen LogP contribution in [0.15, 0.2) is 59.5 Å². The molecule has 0 spiro atoms. The normalized spacial score (nSPS) is 16.9. The largest absolute Gasteiger partial charge is 0.376 e.